The third-order valence-electron chi connectivity index (χ3n) is 4.65. The zero-order valence-electron chi connectivity index (χ0n) is 16.5. The van der Waals surface area contributed by atoms with Crippen molar-refractivity contribution in [3.05, 3.63) is 45.8 Å². The van der Waals surface area contributed by atoms with E-state index in [-0.39, 0.29) is 18.4 Å². The van der Waals surface area contributed by atoms with Gasteiger partial charge in [-0.3, -0.25) is 9.59 Å². The molecule has 0 bridgehead atoms. The molecule has 154 valence electrons. The van der Waals surface area contributed by atoms with Crippen LogP contribution in [0.4, 0.5) is 5.00 Å². The summed E-state index contributed by atoms with van der Waals surface area (Å²) in [5, 5.41) is 5.95. The minimum Gasteiger partial charge on any atom is -0.497 e. The standard InChI is InChI=1S/C21H24N2O5S/c1-13(24)23-20-19(16-5-3-4-6-17(16)29-20)21(26)28-12-18(25)22-11-14-7-9-15(27-2)10-8-14/h7-10H,3-6,11-12H2,1-2H3,(H,22,25)(H,23,24). The molecule has 0 fully saturated rings. The summed E-state index contributed by atoms with van der Waals surface area (Å²) in [6.45, 7) is 1.35. The van der Waals surface area contributed by atoms with E-state index in [0.29, 0.717) is 17.1 Å². The molecule has 1 heterocycles. The first-order valence-electron chi connectivity index (χ1n) is 9.46. The molecule has 0 unspecified atom stereocenters. The monoisotopic (exact) mass is 416 g/mol. The number of ether oxygens (including phenoxy) is 2. The number of anilines is 1. The number of aryl methyl sites for hydroxylation is 1. The first-order chi connectivity index (χ1) is 14.0. The summed E-state index contributed by atoms with van der Waals surface area (Å²) < 4.78 is 10.3. The van der Waals surface area contributed by atoms with Crippen LogP contribution in [0, 0.1) is 0 Å². The number of rotatable bonds is 7. The van der Waals surface area contributed by atoms with Crippen molar-refractivity contribution in [2.45, 2.75) is 39.2 Å². The Bertz CT molecular complexity index is 905. The van der Waals surface area contributed by atoms with Gasteiger partial charge < -0.3 is 20.1 Å². The topological polar surface area (TPSA) is 93.7 Å². The first kappa shape index (κ1) is 20.9. The number of benzene rings is 1. The van der Waals surface area contributed by atoms with E-state index in [2.05, 4.69) is 10.6 Å². The van der Waals surface area contributed by atoms with E-state index in [1.807, 2.05) is 24.3 Å². The molecule has 0 atom stereocenters. The van der Waals surface area contributed by atoms with Crippen molar-refractivity contribution in [3.8, 4) is 5.75 Å². The first-order valence-corrected chi connectivity index (χ1v) is 10.3. The predicted molar refractivity (Wildman–Crippen MR) is 110 cm³/mol. The fraction of sp³-hybridized carbons (Fsp3) is 0.381. The van der Waals surface area contributed by atoms with Gasteiger partial charge in [-0.05, 0) is 48.9 Å². The summed E-state index contributed by atoms with van der Waals surface area (Å²) in [7, 11) is 1.59. The van der Waals surface area contributed by atoms with Crippen molar-refractivity contribution in [2.24, 2.45) is 0 Å². The maximum absolute atomic E-state index is 12.7. The van der Waals surface area contributed by atoms with Gasteiger partial charge in [-0.1, -0.05) is 12.1 Å². The van der Waals surface area contributed by atoms with Crippen molar-refractivity contribution in [2.75, 3.05) is 19.0 Å². The van der Waals surface area contributed by atoms with Crippen LogP contribution in [-0.4, -0.2) is 31.5 Å². The summed E-state index contributed by atoms with van der Waals surface area (Å²) in [5.41, 5.74) is 2.24. The van der Waals surface area contributed by atoms with Crippen molar-refractivity contribution in [1.82, 2.24) is 5.32 Å². The van der Waals surface area contributed by atoms with Gasteiger partial charge in [0, 0.05) is 18.3 Å². The number of amides is 2. The maximum Gasteiger partial charge on any atom is 0.341 e. The van der Waals surface area contributed by atoms with Crippen LogP contribution in [0.2, 0.25) is 0 Å². The number of hydrogen-bond donors (Lipinski definition) is 2. The Labute approximate surface area is 173 Å². The van der Waals surface area contributed by atoms with Gasteiger partial charge in [0.15, 0.2) is 6.61 Å². The lowest BCUT2D eigenvalue weighted by atomic mass is 9.95. The van der Waals surface area contributed by atoms with Gasteiger partial charge in [0.2, 0.25) is 5.91 Å². The third-order valence-corrected chi connectivity index (χ3v) is 5.86. The normalized spacial score (nSPS) is 12.6. The lowest BCUT2D eigenvalue weighted by molar-refractivity contribution is -0.124. The molecule has 2 N–H and O–H groups in total. The van der Waals surface area contributed by atoms with Gasteiger partial charge in [-0.15, -0.1) is 11.3 Å². The van der Waals surface area contributed by atoms with Gasteiger partial charge in [-0.2, -0.15) is 0 Å². The molecule has 2 amide bonds. The fourth-order valence-corrected chi connectivity index (χ4v) is 4.55. The molecule has 0 saturated carbocycles. The highest BCUT2D eigenvalue weighted by molar-refractivity contribution is 7.17. The molecule has 0 aliphatic heterocycles. The van der Waals surface area contributed by atoms with Crippen molar-refractivity contribution < 1.29 is 23.9 Å². The average molecular weight is 416 g/mol. The number of nitrogens with one attached hydrogen (secondary N) is 2. The van der Waals surface area contributed by atoms with Gasteiger partial charge in [0.25, 0.3) is 5.91 Å². The molecule has 1 aromatic heterocycles. The van der Waals surface area contributed by atoms with Gasteiger partial charge in [0.05, 0.1) is 12.7 Å². The molecule has 2 aromatic rings. The van der Waals surface area contributed by atoms with Crippen LogP contribution in [0.15, 0.2) is 24.3 Å². The van der Waals surface area contributed by atoms with Gasteiger partial charge in [0.1, 0.15) is 10.8 Å². The van der Waals surface area contributed by atoms with Crippen molar-refractivity contribution >= 4 is 34.1 Å². The Morgan fingerprint density at radius 1 is 1.10 bits per heavy atom. The number of carbonyl (C=O) groups is 3. The molecule has 7 nitrogen and oxygen atoms in total. The van der Waals surface area contributed by atoms with Crippen LogP contribution >= 0.6 is 11.3 Å². The third kappa shape index (κ3) is 5.35. The Balaban J connectivity index is 1.59. The molecule has 29 heavy (non-hydrogen) atoms. The van der Waals surface area contributed by atoms with E-state index >= 15 is 0 Å². The molecular weight excluding hydrogens is 392 g/mol. The highest BCUT2D eigenvalue weighted by Crippen LogP contribution is 2.38. The molecule has 1 aliphatic carbocycles. The molecular formula is C21H24N2O5S. The van der Waals surface area contributed by atoms with E-state index in [4.69, 9.17) is 9.47 Å². The lowest BCUT2D eigenvalue weighted by Gasteiger charge is -2.13. The molecule has 1 aliphatic rings. The fourth-order valence-electron chi connectivity index (χ4n) is 3.23. The lowest BCUT2D eigenvalue weighted by Crippen LogP contribution is -2.28. The number of thiophene rings is 1. The van der Waals surface area contributed by atoms with Gasteiger partial charge >= 0.3 is 5.97 Å². The zero-order valence-corrected chi connectivity index (χ0v) is 17.3. The maximum atomic E-state index is 12.7. The molecule has 3 rings (SSSR count). The van der Waals surface area contributed by atoms with E-state index < -0.39 is 5.97 Å². The van der Waals surface area contributed by atoms with E-state index in [0.717, 1.165) is 47.4 Å². The smallest absolute Gasteiger partial charge is 0.341 e. The SMILES string of the molecule is COc1ccc(CNC(=O)COC(=O)c2c(NC(C)=O)sc3c2CCCC3)cc1. The molecule has 0 spiro atoms. The summed E-state index contributed by atoms with van der Waals surface area (Å²) in [6.07, 6.45) is 3.73. The second-order valence-electron chi connectivity index (χ2n) is 6.80. The van der Waals surface area contributed by atoms with Crippen LogP contribution in [0.3, 0.4) is 0 Å². The number of methoxy groups -OCH3 is 1. The zero-order chi connectivity index (χ0) is 20.8. The van der Waals surface area contributed by atoms with Crippen molar-refractivity contribution in [1.29, 1.82) is 0 Å². The molecule has 0 radical (unpaired) electrons. The summed E-state index contributed by atoms with van der Waals surface area (Å²) >= 11 is 1.42. The number of fused-ring (bicyclic) bond motifs is 1. The minimum absolute atomic E-state index is 0.241. The average Bonchev–Trinajstić information content (AvgIpc) is 3.08. The highest BCUT2D eigenvalue weighted by atomic mass is 32.1. The molecule has 8 heteroatoms. The van der Waals surface area contributed by atoms with Crippen molar-refractivity contribution in [3.63, 3.8) is 0 Å². The van der Waals surface area contributed by atoms with E-state index in [1.54, 1.807) is 7.11 Å². The molecule has 1 aromatic carbocycles. The number of hydrogen-bond acceptors (Lipinski definition) is 6. The number of esters is 1. The van der Waals surface area contributed by atoms with E-state index in [9.17, 15) is 14.4 Å². The van der Waals surface area contributed by atoms with Crippen LogP contribution in [0.25, 0.3) is 0 Å². The quantitative estimate of drug-likeness (QED) is 0.677. The summed E-state index contributed by atoms with van der Waals surface area (Å²) in [4.78, 5) is 37.4. The Kier molecular flexibility index (Phi) is 6.87. The summed E-state index contributed by atoms with van der Waals surface area (Å²) in [5.74, 6) is -0.468. The second-order valence-corrected chi connectivity index (χ2v) is 7.90. The highest BCUT2D eigenvalue weighted by Gasteiger charge is 2.27. The van der Waals surface area contributed by atoms with Crippen LogP contribution < -0.4 is 15.4 Å². The van der Waals surface area contributed by atoms with Crippen LogP contribution in [-0.2, 0) is 33.7 Å². The number of carbonyl (C=O) groups excluding carboxylic acids is 3. The second kappa shape index (κ2) is 9.56. The Hall–Kier alpha value is -2.87. The van der Waals surface area contributed by atoms with Gasteiger partial charge in [-0.25, -0.2) is 4.79 Å². The van der Waals surface area contributed by atoms with Crippen LogP contribution in [0.5, 0.6) is 5.75 Å². The largest absolute Gasteiger partial charge is 0.497 e. The Morgan fingerprint density at radius 2 is 1.83 bits per heavy atom. The summed E-state index contributed by atoms with van der Waals surface area (Å²) in [6, 6.07) is 7.32. The van der Waals surface area contributed by atoms with E-state index in [1.165, 1.54) is 18.3 Å². The molecule has 0 saturated heterocycles. The minimum atomic E-state index is -0.576. The predicted octanol–water partition coefficient (Wildman–Crippen LogP) is 3.07. The Morgan fingerprint density at radius 3 is 2.52 bits per heavy atom. The van der Waals surface area contributed by atoms with Crippen LogP contribution in [0.1, 0.15) is 46.1 Å².